The molecule has 3 aromatic rings. The molecule has 5 nitrogen and oxygen atoms in total. The lowest BCUT2D eigenvalue weighted by Gasteiger charge is -2.19. The van der Waals surface area contributed by atoms with Crippen LogP contribution in [0.1, 0.15) is 22.7 Å². The molecule has 34 heavy (non-hydrogen) atoms. The number of amides is 1. The van der Waals surface area contributed by atoms with Gasteiger partial charge in [-0.15, -0.1) is 0 Å². The maximum atomic E-state index is 12.8. The third-order valence-corrected chi connectivity index (χ3v) is 4.83. The molecule has 1 N–H and O–H groups in total. The van der Waals surface area contributed by atoms with Gasteiger partial charge < -0.3 is 19.5 Å². The van der Waals surface area contributed by atoms with Crippen LogP contribution in [0.2, 0.25) is 0 Å². The number of carbonyl (C=O) groups excluding carboxylic acids is 1. The van der Waals surface area contributed by atoms with Gasteiger partial charge in [0.25, 0.3) is 0 Å². The zero-order valence-electron chi connectivity index (χ0n) is 18.6. The molecule has 0 heterocycles. The molecule has 0 aromatic heterocycles. The monoisotopic (exact) mass is 465 g/mol. The van der Waals surface area contributed by atoms with E-state index in [4.69, 9.17) is 9.47 Å². The van der Waals surface area contributed by atoms with E-state index in [1.807, 2.05) is 30.3 Å². The maximum absolute atomic E-state index is 12.8. The highest BCUT2D eigenvalue weighted by atomic mass is 19.3. The quantitative estimate of drug-likeness (QED) is 0.288. The third-order valence-electron chi connectivity index (χ3n) is 4.83. The number of methoxy groups -OCH3 is 1. The summed E-state index contributed by atoms with van der Waals surface area (Å²) >= 11 is 0. The van der Waals surface area contributed by atoms with Crippen LogP contribution in [0.5, 0.6) is 17.2 Å². The summed E-state index contributed by atoms with van der Waals surface area (Å²) in [5, 5.41) is 2.97. The SMILES string of the molecule is C=CCOc1ccc(/C=C/C(=O)NC(c2ccccc2)c2ccc(OC(F)F)cc2)cc1OC. The van der Waals surface area contributed by atoms with Crippen LogP contribution in [0.25, 0.3) is 6.08 Å². The Morgan fingerprint density at radius 1 is 1.00 bits per heavy atom. The first-order valence-electron chi connectivity index (χ1n) is 10.5. The first-order valence-corrected chi connectivity index (χ1v) is 10.5. The number of benzene rings is 3. The van der Waals surface area contributed by atoms with Crippen LogP contribution in [-0.2, 0) is 4.79 Å². The van der Waals surface area contributed by atoms with Crippen LogP contribution in [0.3, 0.4) is 0 Å². The van der Waals surface area contributed by atoms with Gasteiger partial charge in [-0.1, -0.05) is 61.2 Å². The first-order chi connectivity index (χ1) is 16.5. The Hall–Kier alpha value is -4.13. The molecule has 176 valence electrons. The standard InChI is InChI=1S/C27H25F2NO4/c1-3-17-33-23-15-9-19(18-24(23)32-2)10-16-25(31)30-26(20-7-5-4-6-8-20)21-11-13-22(14-12-21)34-27(28)29/h3-16,18,26-27H,1,17H2,2H3,(H,30,31)/b16-10+. The van der Waals surface area contributed by atoms with Crippen molar-refractivity contribution in [2.45, 2.75) is 12.7 Å². The molecule has 0 bridgehead atoms. The number of halogens is 2. The van der Waals surface area contributed by atoms with Gasteiger partial charge in [0.1, 0.15) is 12.4 Å². The minimum atomic E-state index is -2.90. The molecule has 0 aliphatic heterocycles. The molecule has 0 aliphatic carbocycles. The van der Waals surface area contributed by atoms with Gasteiger partial charge in [0.05, 0.1) is 13.2 Å². The van der Waals surface area contributed by atoms with E-state index in [1.165, 1.54) is 18.2 Å². The summed E-state index contributed by atoms with van der Waals surface area (Å²) < 4.78 is 40.2. The number of ether oxygens (including phenoxy) is 3. The van der Waals surface area contributed by atoms with Crippen LogP contribution in [-0.4, -0.2) is 26.2 Å². The van der Waals surface area contributed by atoms with Gasteiger partial charge in [0.15, 0.2) is 11.5 Å². The molecule has 0 spiro atoms. The molecule has 3 aromatic carbocycles. The summed E-state index contributed by atoms with van der Waals surface area (Å²) in [4.78, 5) is 12.8. The second-order valence-electron chi connectivity index (χ2n) is 7.14. The molecule has 0 aliphatic rings. The number of hydrogen-bond donors (Lipinski definition) is 1. The lowest BCUT2D eigenvalue weighted by molar-refractivity contribution is -0.116. The molecule has 0 saturated heterocycles. The van der Waals surface area contributed by atoms with Crippen LogP contribution >= 0.6 is 0 Å². The minimum absolute atomic E-state index is 0.0475. The van der Waals surface area contributed by atoms with E-state index in [-0.39, 0.29) is 11.7 Å². The molecule has 1 unspecified atom stereocenters. The highest BCUT2D eigenvalue weighted by Crippen LogP contribution is 2.29. The molecule has 7 heteroatoms. The number of nitrogens with one attached hydrogen (secondary N) is 1. The zero-order valence-corrected chi connectivity index (χ0v) is 18.6. The zero-order chi connectivity index (χ0) is 24.3. The molecule has 1 atom stereocenters. The fourth-order valence-electron chi connectivity index (χ4n) is 3.26. The van der Waals surface area contributed by atoms with Gasteiger partial charge in [-0.2, -0.15) is 8.78 Å². The van der Waals surface area contributed by atoms with Crippen molar-refractivity contribution in [2.24, 2.45) is 0 Å². The Balaban J connectivity index is 1.77. The minimum Gasteiger partial charge on any atom is -0.493 e. The largest absolute Gasteiger partial charge is 0.493 e. The number of carbonyl (C=O) groups is 1. The van der Waals surface area contributed by atoms with Crippen LogP contribution < -0.4 is 19.5 Å². The molecular formula is C27H25F2NO4. The van der Waals surface area contributed by atoms with Gasteiger partial charge in [-0.05, 0) is 47.0 Å². The van der Waals surface area contributed by atoms with Crippen molar-refractivity contribution in [3.8, 4) is 17.2 Å². The average molecular weight is 465 g/mol. The third kappa shape index (κ3) is 6.93. The van der Waals surface area contributed by atoms with Gasteiger partial charge in [0.2, 0.25) is 5.91 Å². The van der Waals surface area contributed by atoms with E-state index >= 15 is 0 Å². The van der Waals surface area contributed by atoms with E-state index in [0.29, 0.717) is 18.1 Å². The molecule has 0 saturated carbocycles. The Morgan fingerprint density at radius 3 is 2.35 bits per heavy atom. The van der Waals surface area contributed by atoms with Crippen LogP contribution in [0.4, 0.5) is 8.78 Å². The van der Waals surface area contributed by atoms with Gasteiger partial charge in [-0.3, -0.25) is 4.79 Å². The van der Waals surface area contributed by atoms with Gasteiger partial charge in [-0.25, -0.2) is 0 Å². The summed E-state index contributed by atoms with van der Waals surface area (Å²) in [6, 6.07) is 20.4. The van der Waals surface area contributed by atoms with E-state index in [9.17, 15) is 13.6 Å². The van der Waals surface area contributed by atoms with Crippen LogP contribution in [0.15, 0.2) is 91.5 Å². The van der Waals surface area contributed by atoms with Crippen molar-refractivity contribution >= 4 is 12.0 Å². The van der Waals surface area contributed by atoms with Crippen molar-refractivity contribution in [3.05, 3.63) is 108 Å². The number of alkyl halides is 2. The molecule has 0 radical (unpaired) electrons. The molecule has 1 amide bonds. The lowest BCUT2D eigenvalue weighted by atomic mass is 9.98. The van der Waals surface area contributed by atoms with Crippen molar-refractivity contribution in [1.82, 2.24) is 5.32 Å². The fourth-order valence-corrected chi connectivity index (χ4v) is 3.26. The van der Waals surface area contributed by atoms with Gasteiger partial charge >= 0.3 is 6.61 Å². The predicted octanol–water partition coefficient (Wildman–Crippen LogP) is 5.78. The fraction of sp³-hybridized carbons (Fsp3) is 0.148. The van der Waals surface area contributed by atoms with E-state index in [1.54, 1.807) is 49.6 Å². The highest BCUT2D eigenvalue weighted by molar-refractivity contribution is 5.92. The summed E-state index contributed by atoms with van der Waals surface area (Å²) in [7, 11) is 1.54. The average Bonchev–Trinajstić information content (AvgIpc) is 2.85. The van der Waals surface area contributed by atoms with E-state index in [2.05, 4.69) is 16.6 Å². The summed E-state index contributed by atoms with van der Waals surface area (Å²) in [6.07, 6.45) is 4.72. The Morgan fingerprint density at radius 2 is 1.71 bits per heavy atom. The second kappa shape index (κ2) is 12.2. The number of rotatable bonds is 11. The predicted molar refractivity (Wildman–Crippen MR) is 127 cm³/mol. The highest BCUT2D eigenvalue weighted by Gasteiger charge is 2.16. The first kappa shape index (κ1) is 24.5. The van der Waals surface area contributed by atoms with Crippen molar-refractivity contribution in [2.75, 3.05) is 13.7 Å². The summed E-state index contributed by atoms with van der Waals surface area (Å²) in [5.41, 5.74) is 2.32. The topological polar surface area (TPSA) is 56.8 Å². The number of hydrogen-bond acceptors (Lipinski definition) is 4. The summed E-state index contributed by atoms with van der Waals surface area (Å²) in [5.74, 6) is 0.837. The Kier molecular flexibility index (Phi) is 8.80. The smallest absolute Gasteiger partial charge is 0.387 e. The van der Waals surface area contributed by atoms with Crippen molar-refractivity contribution < 1.29 is 27.8 Å². The lowest BCUT2D eigenvalue weighted by Crippen LogP contribution is -2.27. The van der Waals surface area contributed by atoms with Crippen LogP contribution in [0, 0.1) is 0 Å². The maximum Gasteiger partial charge on any atom is 0.387 e. The molecular weight excluding hydrogens is 440 g/mol. The Bertz CT molecular complexity index is 1120. The van der Waals surface area contributed by atoms with Crippen molar-refractivity contribution in [1.29, 1.82) is 0 Å². The second-order valence-corrected chi connectivity index (χ2v) is 7.14. The van der Waals surface area contributed by atoms with Crippen molar-refractivity contribution in [3.63, 3.8) is 0 Å². The normalized spacial score (nSPS) is 11.8. The molecule has 3 rings (SSSR count). The van der Waals surface area contributed by atoms with Gasteiger partial charge in [0, 0.05) is 6.08 Å². The van der Waals surface area contributed by atoms with E-state index in [0.717, 1.165) is 16.7 Å². The molecule has 0 fully saturated rings. The summed E-state index contributed by atoms with van der Waals surface area (Å²) in [6.45, 7) is 1.07. The van der Waals surface area contributed by atoms with E-state index < -0.39 is 12.7 Å². The Labute approximate surface area is 197 Å².